The summed E-state index contributed by atoms with van der Waals surface area (Å²) >= 11 is 0. The second-order valence-corrected chi connectivity index (χ2v) is 4.31. The number of hydrogen-bond donors (Lipinski definition) is 1. The van der Waals surface area contributed by atoms with E-state index in [0.29, 0.717) is 5.56 Å². The molecule has 3 nitrogen and oxygen atoms in total. The van der Waals surface area contributed by atoms with Crippen molar-refractivity contribution in [3.05, 3.63) is 35.1 Å². The number of piperazine rings is 1. The van der Waals surface area contributed by atoms with Crippen molar-refractivity contribution in [3.8, 4) is 6.07 Å². The van der Waals surface area contributed by atoms with Gasteiger partial charge in [0.1, 0.15) is 18.6 Å². The Kier molecular flexibility index (Phi) is 8.67. The first kappa shape index (κ1) is 19.1. The number of nitrogens with one attached hydrogen (secondary N) is 1. The Bertz CT molecular complexity index is 459. The molecule has 1 saturated heterocycles. The molecule has 0 bridgehead atoms. The summed E-state index contributed by atoms with van der Waals surface area (Å²) < 4.78 is 26.5. The molecule has 1 aliphatic rings. The van der Waals surface area contributed by atoms with Gasteiger partial charge in [-0.2, -0.15) is 5.26 Å². The second kappa shape index (κ2) is 9.09. The SMILES string of the molecule is Cl.Cl.N#Cc1cc([C@@H](CF)N2CCNCC2)ccc1F. The van der Waals surface area contributed by atoms with Crippen LogP contribution in [0.15, 0.2) is 18.2 Å². The Morgan fingerprint density at radius 1 is 1.30 bits per heavy atom. The number of benzene rings is 1. The van der Waals surface area contributed by atoms with Crippen LogP contribution < -0.4 is 5.32 Å². The van der Waals surface area contributed by atoms with Gasteiger partial charge in [-0.25, -0.2) is 8.78 Å². The first-order valence-electron chi connectivity index (χ1n) is 5.96. The molecular weight excluding hydrogens is 307 g/mol. The molecule has 1 aromatic rings. The van der Waals surface area contributed by atoms with Crippen molar-refractivity contribution in [3.63, 3.8) is 0 Å². The molecular formula is C13H17Cl2F2N3. The number of alkyl halides is 1. The molecule has 1 aliphatic heterocycles. The minimum atomic E-state index is -0.556. The van der Waals surface area contributed by atoms with Crippen LogP contribution in [-0.4, -0.2) is 37.8 Å². The summed E-state index contributed by atoms with van der Waals surface area (Å²) in [5.41, 5.74) is 0.637. The van der Waals surface area contributed by atoms with Crippen LogP contribution in [0.2, 0.25) is 0 Å². The Hall–Kier alpha value is -0.930. The molecule has 7 heteroatoms. The van der Waals surface area contributed by atoms with Gasteiger partial charge in [0.15, 0.2) is 0 Å². The van der Waals surface area contributed by atoms with Crippen molar-refractivity contribution in [2.75, 3.05) is 32.9 Å². The van der Waals surface area contributed by atoms with Crippen molar-refractivity contribution in [1.82, 2.24) is 10.2 Å². The average Bonchev–Trinajstić information content (AvgIpc) is 2.42. The normalized spacial score (nSPS) is 16.4. The third-order valence-corrected chi connectivity index (χ3v) is 3.23. The van der Waals surface area contributed by atoms with Gasteiger partial charge >= 0.3 is 0 Å². The molecule has 0 aromatic heterocycles. The second-order valence-electron chi connectivity index (χ2n) is 4.31. The minimum absolute atomic E-state index is 0. The lowest BCUT2D eigenvalue weighted by atomic mass is 10.0. The molecule has 1 atom stereocenters. The number of nitrogens with zero attached hydrogens (tertiary/aromatic N) is 2. The highest BCUT2D eigenvalue weighted by Gasteiger charge is 2.22. The highest BCUT2D eigenvalue weighted by Crippen LogP contribution is 2.23. The molecule has 0 amide bonds. The van der Waals surface area contributed by atoms with Gasteiger partial charge in [0.05, 0.1) is 11.6 Å². The lowest BCUT2D eigenvalue weighted by Gasteiger charge is -2.33. The molecule has 1 aromatic carbocycles. The van der Waals surface area contributed by atoms with Crippen LogP contribution in [0.3, 0.4) is 0 Å². The summed E-state index contributed by atoms with van der Waals surface area (Å²) in [6.07, 6.45) is 0. The largest absolute Gasteiger partial charge is 0.314 e. The lowest BCUT2D eigenvalue weighted by molar-refractivity contribution is 0.147. The maximum absolute atomic E-state index is 13.2. The van der Waals surface area contributed by atoms with Gasteiger partial charge in [0.25, 0.3) is 0 Å². The Balaban J connectivity index is 0.00000180. The van der Waals surface area contributed by atoms with Crippen LogP contribution in [0, 0.1) is 17.1 Å². The van der Waals surface area contributed by atoms with Crippen molar-refractivity contribution in [2.45, 2.75) is 6.04 Å². The van der Waals surface area contributed by atoms with Gasteiger partial charge in [-0.1, -0.05) is 6.07 Å². The summed E-state index contributed by atoms with van der Waals surface area (Å²) in [4.78, 5) is 2.02. The van der Waals surface area contributed by atoms with E-state index in [0.717, 1.165) is 26.2 Å². The van der Waals surface area contributed by atoms with Crippen LogP contribution in [0.4, 0.5) is 8.78 Å². The summed E-state index contributed by atoms with van der Waals surface area (Å²) in [5.74, 6) is -0.556. The van der Waals surface area contributed by atoms with Gasteiger partial charge in [-0.15, -0.1) is 24.8 Å². The molecule has 0 radical (unpaired) electrons. The van der Waals surface area contributed by atoms with Crippen LogP contribution in [0.1, 0.15) is 17.2 Å². The predicted molar refractivity (Wildman–Crippen MR) is 78.8 cm³/mol. The Morgan fingerprint density at radius 2 is 1.95 bits per heavy atom. The number of hydrogen-bond acceptors (Lipinski definition) is 3. The van der Waals surface area contributed by atoms with Crippen LogP contribution in [-0.2, 0) is 0 Å². The topological polar surface area (TPSA) is 39.1 Å². The number of nitriles is 1. The van der Waals surface area contributed by atoms with E-state index in [9.17, 15) is 8.78 Å². The molecule has 112 valence electrons. The first-order valence-corrected chi connectivity index (χ1v) is 5.96. The maximum Gasteiger partial charge on any atom is 0.140 e. The summed E-state index contributed by atoms with van der Waals surface area (Å²) in [6.45, 7) is 2.63. The Labute approximate surface area is 129 Å². The van der Waals surface area contributed by atoms with Gasteiger partial charge in [0.2, 0.25) is 0 Å². The minimum Gasteiger partial charge on any atom is -0.314 e. The van der Waals surface area contributed by atoms with Crippen molar-refractivity contribution in [1.29, 1.82) is 5.26 Å². The lowest BCUT2D eigenvalue weighted by Crippen LogP contribution is -2.45. The first-order chi connectivity index (χ1) is 8.76. The third kappa shape index (κ3) is 4.29. The van der Waals surface area contributed by atoms with E-state index in [1.165, 1.54) is 12.1 Å². The van der Waals surface area contributed by atoms with Crippen molar-refractivity contribution in [2.24, 2.45) is 0 Å². The van der Waals surface area contributed by atoms with E-state index in [2.05, 4.69) is 5.32 Å². The quantitative estimate of drug-likeness (QED) is 0.928. The number of rotatable bonds is 3. The van der Waals surface area contributed by atoms with Crippen LogP contribution >= 0.6 is 24.8 Å². The molecule has 1 heterocycles. The molecule has 0 aliphatic carbocycles. The predicted octanol–water partition coefficient (Wildman–Crippen LogP) is 2.46. The average molecular weight is 324 g/mol. The monoisotopic (exact) mass is 323 g/mol. The summed E-state index contributed by atoms with van der Waals surface area (Å²) in [5, 5.41) is 12.0. The summed E-state index contributed by atoms with van der Waals surface area (Å²) in [7, 11) is 0. The van der Waals surface area contributed by atoms with Crippen LogP contribution in [0.25, 0.3) is 0 Å². The molecule has 1 N–H and O–H groups in total. The van der Waals surface area contributed by atoms with Gasteiger partial charge in [-0.05, 0) is 17.7 Å². The standard InChI is InChI=1S/C13H15F2N3.2ClH/c14-8-13(18-5-3-17-4-6-18)10-1-2-12(15)11(7-10)9-16;;/h1-2,7,13,17H,3-6,8H2;2*1H/t13-;;/m1../s1. The fraction of sp³-hybridized carbons (Fsp3) is 0.462. The summed E-state index contributed by atoms with van der Waals surface area (Å²) in [6, 6.07) is 5.64. The number of halogens is 4. The highest BCUT2D eigenvalue weighted by atomic mass is 35.5. The smallest absolute Gasteiger partial charge is 0.140 e. The van der Waals surface area contributed by atoms with Gasteiger partial charge in [-0.3, -0.25) is 4.90 Å². The zero-order valence-electron chi connectivity index (χ0n) is 10.8. The van der Waals surface area contributed by atoms with E-state index >= 15 is 0 Å². The van der Waals surface area contributed by atoms with E-state index in [1.54, 1.807) is 12.1 Å². The van der Waals surface area contributed by atoms with E-state index in [-0.39, 0.29) is 36.4 Å². The van der Waals surface area contributed by atoms with Crippen LogP contribution in [0.5, 0.6) is 0 Å². The molecule has 1 fully saturated rings. The van der Waals surface area contributed by atoms with Crippen molar-refractivity contribution >= 4 is 24.8 Å². The zero-order chi connectivity index (χ0) is 13.0. The molecule has 0 spiro atoms. The maximum atomic E-state index is 13.2. The molecule has 0 saturated carbocycles. The van der Waals surface area contributed by atoms with Crippen molar-refractivity contribution < 1.29 is 8.78 Å². The Morgan fingerprint density at radius 3 is 2.50 bits per heavy atom. The fourth-order valence-corrected chi connectivity index (χ4v) is 2.23. The third-order valence-electron chi connectivity index (χ3n) is 3.23. The van der Waals surface area contributed by atoms with E-state index in [1.807, 2.05) is 4.90 Å². The van der Waals surface area contributed by atoms with Gasteiger partial charge in [0, 0.05) is 26.2 Å². The van der Waals surface area contributed by atoms with Gasteiger partial charge < -0.3 is 5.32 Å². The fourth-order valence-electron chi connectivity index (χ4n) is 2.23. The highest BCUT2D eigenvalue weighted by molar-refractivity contribution is 5.85. The molecule has 0 unspecified atom stereocenters. The molecule has 2 rings (SSSR count). The van der Waals surface area contributed by atoms with E-state index < -0.39 is 12.5 Å². The van der Waals surface area contributed by atoms with E-state index in [4.69, 9.17) is 5.26 Å². The zero-order valence-corrected chi connectivity index (χ0v) is 12.4. The molecule has 20 heavy (non-hydrogen) atoms.